The van der Waals surface area contributed by atoms with Crippen molar-refractivity contribution >= 4 is 27.5 Å². The van der Waals surface area contributed by atoms with Crippen molar-refractivity contribution in [2.75, 3.05) is 12.3 Å². The van der Waals surface area contributed by atoms with Crippen LogP contribution in [0.5, 0.6) is 0 Å². The van der Waals surface area contributed by atoms with E-state index >= 15 is 0 Å². The zero-order chi connectivity index (χ0) is 16.7. The maximum absolute atomic E-state index is 11.9. The first-order chi connectivity index (χ1) is 11.6. The Hall–Kier alpha value is -2.74. The number of aromatic nitrogens is 4. The normalized spacial score (nSPS) is 13.5. The Kier molecular flexibility index (Phi) is 3.53. The molecule has 120 valence electrons. The highest BCUT2D eigenvalue weighted by Crippen LogP contribution is 2.26. The van der Waals surface area contributed by atoms with Crippen molar-refractivity contribution in [3.05, 3.63) is 46.7 Å². The number of nitrogen functional groups attached to an aromatic ring is 1. The van der Waals surface area contributed by atoms with E-state index in [4.69, 9.17) is 5.73 Å². The summed E-state index contributed by atoms with van der Waals surface area (Å²) in [6.45, 7) is 1.24. The first-order valence-electron chi connectivity index (χ1n) is 7.37. The van der Waals surface area contributed by atoms with Crippen molar-refractivity contribution in [3.8, 4) is 22.8 Å². The van der Waals surface area contributed by atoms with Gasteiger partial charge in [0.05, 0.1) is 12.2 Å². The van der Waals surface area contributed by atoms with E-state index in [1.54, 1.807) is 29.1 Å². The van der Waals surface area contributed by atoms with Crippen molar-refractivity contribution in [2.45, 2.75) is 6.54 Å². The fraction of sp³-hybridized carbons (Fsp3) is 0.125. The van der Waals surface area contributed by atoms with E-state index in [1.807, 2.05) is 12.1 Å². The van der Waals surface area contributed by atoms with E-state index in [9.17, 15) is 4.79 Å². The third-order valence-electron chi connectivity index (χ3n) is 3.80. The van der Waals surface area contributed by atoms with E-state index in [0.29, 0.717) is 41.7 Å². The third kappa shape index (κ3) is 2.54. The average Bonchev–Trinajstić information content (AvgIpc) is 3.03. The second-order valence-corrected chi connectivity index (χ2v) is 6.25. The molecule has 0 unspecified atom stereocenters. The fourth-order valence-corrected chi connectivity index (χ4v) is 2.95. The molecule has 0 spiro atoms. The summed E-state index contributed by atoms with van der Waals surface area (Å²) < 4.78 is 2.50. The average molecular weight is 385 g/mol. The van der Waals surface area contributed by atoms with E-state index in [2.05, 4.69) is 36.3 Å². The first-order valence-corrected chi connectivity index (χ1v) is 8.16. The van der Waals surface area contributed by atoms with Gasteiger partial charge in [0.1, 0.15) is 11.4 Å². The predicted molar refractivity (Wildman–Crippen MR) is 93.1 cm³/mol. The van der Waals surface area contributed by atoms with Gasteiger partial charge in [-0.3, -0.25) is 9.48 Å². The number of hydrogen-bond acceptors (Lipinski definition) is 5. The molecule has 8 heteroatoms. The third-order valence-corrected chi connectivity index (χ3v) is 4.49. The molecular weight excluding hydrogens is 372 g/mol. The molecule has 24 heavy (non-hydrogen) atoms. The van der Waals surface area contributed by atoms with Crippen LogP contribution in [0.2, 0.25) is 0 Å². The van der Waals surface area contributed by atoms with Crippen LogP contribution in [0.25, 0.3) is 22.8 Å². The molecule has 3 heterocycles. The number of halogens is 1. The monoisotopic (exact) mass is 384 g/mol. The fourth-order valence-electron chi connectivity index (χ4n) is 2.57. The van der Waals surface area contributed by atoms with Crippen LogP contribution in [0.3, 0.4) is 0 Å². The summed E-state index contributed by atoms with van der Waals surface area (Å²) in [7, 11) is 0. The SMILES string of the molecule is Nc1ccc(-c2nccc(-c3cc4n(n3)CCNC4=O)n2)cc1Br. The summed E-state index contributed by atoms with van der Waals surface area (Å²) >= 11 is 3.41. The number of nitrogens with zero attached hydrogens (tertiary/aromatic N) is 4. The van der Waals surface area contributed by atoms with Crippen molar-refractivity contribution in [2.24, 2.45) is 0 Å². The Bertz CT molecular complexity index is 951. The van der Waals surface area contributed by atoms with Gasteiger partial charge < -0.3 is 11.1 Å². The van der Waals surface area contributed by atoms with Crippen LogP contribution in [-0.2, 0) is 6.54 Å². The molecule has 0 bridgehead atoms. The molecule has 1 aliphatic heterocycles. The van der Waals surface area contributed by atoms with Crippen LogP contribution in [0.15, 0.2) is 41.0 Å². The van der Waals surface area contributed by atoms with Crippen molar-refractivity contribution in [3.63, 3.8) is 0 Å². The van der Waals surface area contributed by atoms with Gasteiger partial charge in [0, 0.05) is 28.5 Å². The van der Waals surface area contributed by atoms with Crippen LogP contribution in [0.1, 0.15) is 10.5 Å². The van der Waals surface area contributed by atoms with Crippen LogP contribution in [-0.4, -0.2) is 32.2 Å². The standard InChI is InChI=1S/C16H13BrN6O/c17-10-7-9(1-2-11(10)18)15-19-4-3-12(21-15)13-8-14-16(24)20-5-6-23(14)22-13/h1-4,7-8H,5-6,18H2,(H,20,24). The Balaban J connectivity index is 1.75. The van der Waals surface area contributed by atoms with Crippen LogP contribution < -0.4 is 11.1 Å². The lowest BCUT2D eigenvalue weighted by atomic mass is 10.2. The second kappa shape index (κ2) is 5.72. The first kappa shape index (κ1) is 14.8. The largest absolute Gasteiger partial charge is 0.398 e. The zero-order valence-corrected chi connectivity index (χ0v) is 14.1. The highest BCUT2D eigenvalue weighted by Gasteiger charge is 2.20. The van der Waals surface area contributed by atoms with Crippen molar-refractivity contribution in [1.82, 2.24) is 25.1 Å². The Morgan fingerprint density at radius 3 is 2.88 bits per heavy atom. The maximum atomic E-state index is 11.9. The van der Waals surface area contributed by atoms with Gasteiger partial charge >= 0.3 is 0 Å². The maximum Gasteiger partial charge on any atom is 0.269 e. The lowest BCUT2D eigenvalue weighted by Crippen LogP contribution is -2.35. The zero-order valence-electron chi connectivity index (χ0n) is 12.5. The Morgan fingerprint density at radius 1 is 1.21 bits per heavy atom. The molecule has 0 saturated carbocycles. The molecule has 2 aromatic heterocycles. The summed E-state index contributed by atoms with van der Waals surface area (Å²) in [5.74, 6) is 0.459. The van der Waals surface area contributed by atoms with Gasteiger partial charge in [-0.05, 0) is 46.3 Å². The molecular formula is C16H13BrN6O. The lowest BCUT2D eigenvalue weighted by molar-refractivity contribution is 0.0924. The molecule has 7 nitrogen and oxygen atoms in total. The number of rotatable bonds is 2. The van der Waals surface area contributed by atoms with E-state index in [-0.39, 0.29) is 5.91 Å². The second-order valence-electron chi connectivity index (χ2n) is 5.40. The molecule has 0 radical (unpaired) electrons. The van der Waals surface area contributed by atoms with Gasteiger partial charge in [0.2, 0.25) is 0 Å². The minimum Gasteiger partial charge on any atom is -0.398 e. The van der Waals surface area contributed by atoms with Crippen molar-refractivity contribution in [1.29, 1.82) is 0 Å². The highest BCUT2D eigenvalue weighted by molar-refractivity contribution is 9.10. The predicted octanol–water partition coefficient (Wildman–Crippen LogP) is 2.10. The molecule has 3 aromatic rings. The quantitative estimate of drug-likeness (QED) is 0.659. The molecule has 0 aliphatic carbocycles. The number of nitrogens with two attached hydrogens (primary N) is 1. The summed E-state index contributed by atoms with van der Waals surface area (Å²) in [4.78, 5) is 20.8. The summed E-state index contributed by atoms with van der Waals surface area (Å²) in [5, 5.41) is 7.28. The van der Waals surface area contributed by atoms with Crippen LogP contribution in [0, 0.1) is 0 Å². The number of benzene rings is 1. The smallest absolute Gasteiger partial charge is 0.269 e. The number of amides is 1. The molecule has 4 rings (SSSR count). The number of carbonyl (C=O) groups excluding carboxylic acids is 1. The van der Waals surface area contributed by atoms with Gasteiger partial charge in [-0.15, -0.1) is 0 Å². The topological polar surface area (TPSA) is 98.7 Å². The van der Waals surface area contributed by atoms with Crippen molar-refractivity contribution < 1.29 is 4.79 Å². The summed E-state index contributed by atoms with van der Waals surface area (Å²) in [6.07, 6.45) is 1.68. The van der Waals surface area contributed by atoms with Gasteiger partial charge in [-0.25, -0.2) is 9.97 Å². The molecule has 1 aliphatic rings. The van der Waals surface area contributed by atoms with E-state index < -0.39 is 0 Å². The van der Waals surface area contributed by atoms with E-state index in [0.717, 1.165) is 10.0 Å². The minimum atomic E-state index is -0.114. The Labute approximate surface area is 146 Å². The van der Waals surface area contributed by atoms with Gasteiger partial charge in [0.15, 0.2) is 5.82 Å². The lowest BCUT2D eigenvalue weighted by Gasteiger charge is -2.13. The number of hydrogen-bond donors (Lipinski definition) is 2. The molecule has 3 N–H and O–H groups in total. The summed E-state index contributed by atoms with van der Waals surface area (Å²) in [5.41, 5.74) is 9.19. The van der Waals surface area contributed by atoms with Crippen LogP contribution in [0.4, 0.5) is 5.69 Å². The Morgan fingerprint density at radius 2 is 2.08 bits per heavy atom. The summed E-state index contributed by atoms with van der Waals surface area (Å²) in [6, 6.07) is 9.07. The number of carbonyl (C=O) groups is 1. The number of anilines is 1. The molecule has 1 aromatic carbocycles. The molecule has 0 atom stereocenters. The minimum absolute atomic E-state index is 0.114. The molecule has 0 saturated heterocycles. The van der Waals surface area contributed by atoms with Gasteiger partial charge in [-0.2, -0.15) is 5.10 Å². The number of nitrogens with one attached hydrogen (secondary N) is 1. The highest BCUT2D eigenvalue weighted by atomic mass is 79.9. The van der Waals surface area contributed by atoms with Gasteiger partial charge in [0.25, 0.3) is 5.91 Å². The molecule has 0 fully saturated rings. The number of fused-ring (bicyclic) bond motifs is 1. The molecule has 1 amide bonds. The van der Waals surface area contributed by atoms with Gasteiger partial charge in [-0.1, -0.05) is 0 Å². The van der Waals surface area contributed by atoms with Crippen LogP contribution >= 0.6 is 15.9 Å². The van der Waals surface area contributed by atoms with E-state index in [1.165, 1.54) is 0 Å².